The summed E-state index contributed by atoms with van der Waals surface area (Å²) in [6, 6.07) is 5.09. The minimum Gasteiger partial charge on any atom is -0.465 e. The number of halogens is 5. The fourth-order valence-corrected chi connectivity index (χ4v) is 3.44. The smallest absolute Gasteiger partial charge is 0.419 e. The summed E-state index contributed by atoms with van der Waals surface area (Å²) >= 11 is 3.06. The second kappa shape index (κ2) is 7.23. The zero-order valence-corrected chi connectivity index (χ0v) is 15.3. The minimum atomic E-state index is -4.98. The number of methoxy groups -OCH3 is 1. The van der Waals surface area contributed by atoms with Crippen LogP contribution in [0, 0.1) is 5.82 Å². The number of hydrogen-bond donors (Lipinski definition) is 1. The van der Waals surface area contributed by atoms with E-state index in [-0.39, 0.29) is 14.9 Å². The standard InChI is InChI=1S/C15H10BrF4NO4S/c1-25-14(22)10-7-9(3-4-12(10)16)26(23,24)21-8-2-5-13(17)11(6-8)15(18,19)20/h2-7,21H,1H3. The molecule has 2 aromatic rings. The maximum atomic E-state index is 13.3. The summed E-state index contributed by atoms with van der Waals surface area (Å²) in [4.78, 5) is 11.2. The van der Waals surface area contributed by atoms with Gasteiger partial charge in [0.1, 0.15) is 5.82 Å². The van der Waals surface area contributed by atoms with E-state index in [4.69, 9.17) is 0 Å². The molecule has 0 heterocycles. The summed E-state index contributed by atoms with van der Waals surface area (Å²) in [7, 11) is -3.24. The molecule has 5 nitrogen and oxygen atoms in total. The van der Waals surface area contributed by atoms with Gasteiger partial charge in [-0.25, -0.2) is 17.6 Å². The Kier molecular flexibility index (Phi) is 5.61. The number of esters is 1. The van der Waals surface area contributed by atoms with Crippen molar-refractivity contribution in [1.29, 1.82) is 0 Å². The van der Waals surface area contributed by atoms with Gasteiger partial charge in [0.15, 0.2) is 0 Å². The lowest BCUT2D eigenvalue weighted by atomic mass is 10.2. The predicted octanol–water partition coefficient (Wildman–Crippen LogP) is 4.19. The SMILES string of the molecule is COC(=O)c1cc(S(=O)(=O)Nc2ccc(F)c(C(F)(F)F)c2)ccc1Br. The van der Waals surface area contributed by atoms with Crippen molar-refractivity contribution >= 4 is 37.6 Å². The lowest BCUT2D eigenvalue weighted by Crippen LogP contribution is -2.16. The van der Waals surface area contributed by atoms with Gasteiger partial charge in [-0.1, -0.05) is 0 Å². The molecule has 140 valence electrons. The number of carbonyl (C=O) groups is 1. The number of anilines is 1. The number of nitrogens with one attached hydrogen (secondary N) is 1. The van der Waals surface area contributed by atoms with Crippen LogP contribution in [-0.2, 0) is 20.9 Å². The van der Waals surface area contributed by atoms with E-state index in [1.165, 1.54) is 6.07 Å². The Hall–Kier alpha value is -2.14. The first-order chi connectivity index (χ1) is 12.0. The number of sulfonamides is 1. The van der Waals surface area contributed by atoms with E-state index in [1.807, 2.05) is 4.72 Å². The highest BCUT2D eigenvalue weighted by Gasteiger charge is 2.34. The fraction of sp³-hybridized carbons (Fsp3) is 0.133. The number of carbonyl (C=O) groups excluding carboxylic acids is 1. The summed E-state index contributed by atoms with van der Waals surface area (Å²) in [5, 5.41) is 0. The molecule has 0 fully saturated rings. The van der Waals surface area contributed by atoms with Crippen LogP contribution in [0.25, 0.3) is 0 Å². The first-order valence-corrected chi connectivity index (χ1v) is 9.01. The van der Waals surface area contributed by atoms with Crippen molar-refractivity contribution < 1.29 is 35.5 Å². The second-order valence-corrected chi connectivity index (χ2v) is 7.47. The van der Waals surface area contributed by atoms with Crippen molar-refractivity contribution in [3.05, 3.63) is 57.8 Å². The van der Waals surface area contributed by atoms with Crippen molar-refractivity contribution in [1.82, 2.24) is 0 Å². The highest BCUT2D eigenvalue weighted by Crippen LogP contribution is 2.33. The number of benzene rings is 2. The molecule has 0 bridgehead atoms. The molecule has 0 aliphatic rings. The number of rotatable bonds is 4. The summed E-state index contributed by atoms with van der Waals surface area (Å²) in [5.41, 5.74) is -2.18. The summed E-state index contributed by atoms with van der Waals surface area (Å²) in [6.45, 7) is 0. The van der Waals surface area contributed by atoms with E-state index in [2.05, 4.69) is 20.7 Å². The Balaban J connectivity index is 2.43. The molecule has 0 aliphatic heterocycles. The Labute approximate surface area is 154 Å². The van der Waals surface area contributed by atoms with Crippen LogP contribution in [0.15, 0.2) is 45.8 Å². The Morgan fingerprint density at radius 2 is 1.81 bits per heavy atom. The molecule has 0 amide bonds. The number of alkyl halides is 3. The average Bonchev–Trinajstić information content (AvgIpc) is 2.55. The van der Waals surface area contributed by atoms with E-state index >= 15 is 0 Å². The molecule has 0 saturated carbocycles. The Bertz CT molecular complexity index is 961. The van der Waals surface area contributed by atoms with E-state index in [0.717, 1.165) is 25.3 Å². The first-order valence-electron chi connectivity index (χ1n) is 6.73. The molecular formula is C15H10BrF4NO4S. The molecular weight excluding hydrogens is 446 g/mol. The zero-order chi connectivity index (χ0) is 19.7. The van der Waals surface area contributed by atoms with Gasteiger partial charge in [0.2, 0.25) is 0 Å². The van der Waals surface area contributed by atoms with Crippen LogP contribution in [0.5, 0.6) is 0 Å². The molecule has 11 heteroatoms. The highest BCUT2D eigenvalue weighted by atomic mass is 79.9. The lowest BCUT2D eigenvalue weighted by molar-refractivity contribution is -0.139. The summed E-state index contributed by atoms with van der Waals surface area (Å²) in [5.74, 6) is -2.34. The molecule has 2 rings (SSSR count). The van der Waals surface area contributed by atoms with Crippen LogP contribution in [-0.4, -0.2) is 21.5 Å². The molecule has 1 N–H and O–H groups in total. The van der Waals surface area contributed by atoms with E-state index in [0.29, 0.717) is 12.1 Å². The van der Waals surface area contributed by atoms with E-state index < -0.39 is 39.2 Å². The van der Waals surface area contributed by atoms with Gasteiger partial charge in [-0.15, -0.1) is 0 Å². The molecule has 0 spiro atoms. The molecule has 2 aromatic carbocycles. The van der Waals surface area contributed by atoms with Crippen molar-refractivity contribution in [2.45, 2.75) is 11.1 Å². The average molecular weight is 456 g/mol. The fourth-order valence-electron chi connectivity index (χ4n) is 1.96. The molecule has 0 saturated heterocycles. The largest absolute Gasteiger partial charge is 0.465 e. The van der Waals surface area contributed by atoms with Gasteiger partial charge >= 0.3 is 12.1 Å². The van der Waals surface area contributed by atoms with Crippen molar-refractivity contribution in [3.63, 3.8) is 0 Å². The maximum absolute atomic E-state index is 13.3. The van der Waals surface area contributed by atoms with Crippen LogP contribution in [0.3, 0.4) is 0 Å². The molecule has 0 aliphatic carbocycles. The Morgan fingerprint density at radius 1 is 1.15 bits per heavy atom. The first kappa shape index (κ1) is 20.2. The Morgan fingerprint density at radius 3 is 2.38 bits per heavy atom. The zero-order valence-electron chi connectivity index (χ0n) is 12.9. The van der Waals surface area contributed by atoms with Gasteiger partial charge < -0.3 is 4.74 Å². The van der Waals surface area contributed by atoms with Gasteiger partial charge in [-0.05, 0) is 52.3 Å². The highest BCUT2D eigenvalue weighted by molar-refractivity contribution is 9.10. The molecule has 26 heavy (non-hydrogen) atoms. The van der Waals surface area contributed by atoms with Gasteiger partial charge in [-0.3, -0.25) is 4.72 Å². The van der Waals surface area contributed by atoms with E-state index in [1.54, 1.807) is 0 Å². The predicted molar refractivity (Wildman–Crippen MR) is 87.7 cm³/mol. The molecule has 0 aromatic heterocycles. The summed E-state index contributed by atoms with van der Waals surface area (Å²) < 4.78 is 82.9. The summed E-state index contributed by atoms with van der Waals surface area (Å²) in [6.07, 6.45) is -4.98. The van der Waals surface area contributed by atoms with Gasteiger partial charge in [0.05, 0.1) is 23.1 Å². The quantitative estimate of drug-likeness (QED) is 0.553. The van der Waals surface area contributed by atoms with Crippen LogP contribution in [0.2, 0.25) is 0 Å². The third kappa shape index (κ3) is 4.33. The van der Waals surface area contributed by atoms with Crippen molar-refractivity contribution in [3.8, 4) is 0 Å². The number of hydrogen-bond acceptors (Lipinski definition) is 4. The minimum absolute atomic E-state index is 0.0922. The second-order valence-electron chi connectivity index (χ2n) is 4.93. The van der Waals surface area contributed by atoms with Crippen molar-refractivity contribution in [2.24, 2.45) is 0 Å². The van der Waals surface area contributed by atoms with Crippen LogP contribution >= 0.6 is 15.9 Å². The normalized spacial score (nSPS) is 11.9. The molecule has 0 radical (unpaired) electrons. The third-order valence-electron chi connectivity index (χ3n) is 3.18. The number of ether oxygens (including phenoxy) is 1. The van der Waals surface area contributed by atoms with Gasteiger partial charge in [0.25, 0.3) is 10.0 Å². The van der Waals surface area contributed by atoms with Crippen molar-refractivity contribution in [2.75, 3.05) is 11.8 Å². The van der Waals surface area contributed by atoms with Gasteiger partial charge in [-0.2, -0.15) is 13.2 Å². The monoisotopic (exact) mass is 455 g/mol. The topological polar surface area (TPSA) is 72.5 Å². The van der Waals surface area contributed by atoms with Crippen LogP contribution < -0.4 is 4.72 Å². The van der Waals surface area contributed by atoms with E-state index in [9.17, 15) is 30.8 Å². The molecule has 0 atom stereocenters. The third-order valence-corrected chi connectivity index (χ3v) is 5.25. The molecule has 0 unspecified atom stereocenters. The lowest BCUT2D eigenvalue weighted by Gasteiger charge is -2.13. The van der Waals surface area contributed by atoms with Crippen LogP contribution in [0.4, 0.5) is 23.2 Å². The maximum Gasteiger partial charge on any atom is 0.419 e. The van der Waals surface area contributed by atoms with Gasteiger partial charge in [0, 0.05) is 10.2 Å². The van der Waals surface area contributed by atoms with Crippen LogP contribution in [0.1, 0.15) is 15.9 Å².